The molecule has 0 radical (unpaired) electrons. The van der Waals surface area contributed by atoms with E-state index in [0.29, 0.717) is 13.0 Å². The molecule has 0 saturated carbocycles. The van der Waals surface area contributed by atoms with E-state index in [2.05, 4.69) is 4.98 Å². The predicted octanol–water partition coefficient (Wildman–Crippen LogP) is 1.43. The number of rotatable bonds is 3. The van der Waals surface area contributed by atoms with E-state index in [9.17, 15) is 4.79 Å². The van der Waals surface area contributed by atoms with E-state index in [1.807, 2.05) is 5.38 Å². The van der Waals surface area contributed by atoms with Crippen LogP contribution < -0.4 is 0 Å². The molecule has 1 atom stereocenters. The highest BCUT2D eigenvalue weighted by Gasteiger charge is 2.35. The molecule has 1 aliphatic rings. The van der Waals surface area contributed by atoms with Gasteiger partial charge in [0.2, 0.25) is 0 Å². The summed E-state index contributed by atoms with van der Waals surface area (Å²) in [6.07, 6.45) is 5.13. The zero-order valence-electron chi connectivity index (χ0n) is 7.23. The van der Waals surface area contributed by atoms with Crippen LogP contribution in [0.3, 0.4) is 0 Å². The first kappa shape index (κ1) is 8.84. The molecule has 0 aliphatic carbocycles. The second-order valence-corrected chi connectivity index (χ2v) is 4.22. The summed E-state index contributed by atoms with van der Waals surface area (Å²) in [6.45, 7) is 0.699. The monoisotopic (exact) mass is 197 g/mol. The summed E-state index contributed by atoms with van der Waals surface area (Å²) in [7, 11) is 0. The first-order valence-electron chi connectivity index (χ1n) is 4.33. The normalized spacial score (nSPS) is 27.7. The number of hydrogen-bond donors (Lipinski definition) is 0. The van der Waals surface area contributed by atoms with Gasteiger partial charge in [-0.3, -0.25) is 0 Å². The molecular weight excluding hydrogens is 186 g/mol. The maximum Gasteiger partial charge on any atom is 0.152 e. The Kier molecular flexibility index (Phi) is 2.42. The molecule has 1 aliphatic heterocycles. The second-order valence-electron chi connectivity index (χ2n) is 3.24. The Bertz CT molecular complexity index is 278. The highest BCUT2D eigenvalue weighted by Crippen LogP contribution is 2.28. The number of thiazole rings is 1. The number of carbonyl (C=O) groups excluding carboxylic acids is 1. The molecule has 2 heterocycles. The van der Waals surface area contributed by atoms with Crippen molar-refractivity contribution < 1.29 is 9.53 Å². The van der Waals surface area contributed by atoms with Crippen molar-refractivity contribution in [3.05, 3.63) is 16.6 Å². The largest absolute Gasteiger partial charge is 0.367 e. The summed E-state index contributed by atoms with van der Waals surface area (Å²) < 4.78 is 5.46. The zero-order valence-corrected chi connectivity index (χ0v) is 8.05. The van der Waals surface area contributed by atoms with Crippen molar-refractivity contribution in [1.29, 1.82) is 0 Å². The van der Waals surface area contributed by atoms with Crippen molar-refractivity contribution in [2.24, 2.45) is 0 Å². The first-order valence-corrected chi connectivity index (χ1v) is 5.21. The van der Waals surface area contributed by atoms with Gasteiger partial charge in [-0.25, -0.2) is 4.98 Å². The summed E-state index contributed by atoms with van der Waals surface area (Å²) >= 11 is 1.57. The Hall–Kier alpha value is -0.740. The van der Waals surface area contributed by atoms with Gasteiger partial charge in [-0.1, -0.05) is 0 Å². The zero-order chi connectivity index (χ0) is 9.15. The van der Waals surface area contributed by atoms with E-state index in [-0.39, 0.29) is 0 Å². The molecule has 0 N–H and O–H groups in total. The Morgan fingerprint density at radius 2 is 2.69 bits per heavy atom. The summed E-state index contributed by atoms with van der Waals surface area (Å²) in [5.41, 5.74) is -0.572. The minimum absolute atomic E-state index is 0.572. The van der Waals surface area contributed by atoms with Crippen LogP contribution in [0.5, 0.6) is 0 Å². The van der Waals surface area contributed by atoms with Gasteiger partial charge in [0.15, 0.2) is 6.29 Å². The van der Waals surface area contributed by atoms with Crippen LogP contribution in [0.1, 0.15) is 17.8 Å². The predicted molar refractivity (Wildman–Crippen MR) is 49.8 cm³/mol. The third-order valence-corrected chi connectivity index (χ3v) is 3.06. The Labute approximate surface area is 80.8 Å². The van der Waals surface area contributed by atoms with Crippen molar-refractivity contribution in [3.63, 3.8) is 0 Å². The lowest BCUT2D eigenvalue weighted by atomic mass is 9.98. The molecule has 4 heteroatoms. The standard InChI is InChI=1S/C9H11NO2S/c11-7-9(2-1-4-12-9)6-8-10-3-5-13-8/h3,5,7H,1-2,4,6H2. The van der Waals surface area contributed by atoms with E-state index in [1.54, 1.807) is 17.5 Å². The third-order valence-electron chi connectivity index (χ3n) is 2.28. The molecule has 0 spiro atoms. The minimum Gasteiger partial charge on any atom is -0.367 e. The lowest BCUT2D eigenvalue weighted by Gasteiger charge is -2.19. The molecule has 1 fully saturated rings. The van der Waals surface area contributed by atoms with E-state index >= 15 is 0 Å². The van der Waals surface area contributed by atoms with Gasteiger partial charge in [0.05, 0.1) is 5.01 Å². The van der Waals surface area contributed by atoms with Crippen molar-refractivity contribution in [1.82, 2.24) is 4.98 Å². The van der Waals surface area contributed by atoms with Gasteiger partial charge < -0.3 is 9.53 Å². The molecular formula is C9H11NO2S. The molecule has 1 aromatic heterocycles. The molecule has 70 valence electrons. The van der Waals surface area contributed by atoms with Crippen molar-refractivity contribution in [2.45, 2.75) is 24.9 Å². The fraction of sp³-hybridized carbons (Fsp3) is 0.556. The SMILES string of the molecule is O=CC1(Cc2nccs2)CCCO1. The van der Waals surface area contributed by atoms with Gasteiger partial charge in [0.25, 0.3) is 0 Å². The smallest absolute Gasteiger partial charge is 0.152 e. The Morgan fingerprint density at radius 3 is 3.23 bits per heavy atom. The van der Waals surface area contributed by atoms with Crippen LogP contribution >= 0.6 is 11.3 Å². The van der Waals surface area contributed by atoms with Crippen molar-refractivity contribution in [2.75, 3.05) is 6.61 Å². The molecule has 3 nitrogen and oxygen atoms in total. The second kappa shape index (κ2) is 3.55. The molecule has 1 unspecified atom stereocenters. The van der Waals surface area contributed by atoms with Crippen LogP contribution in [0.2, 0.25) is 0 Å². The maximum absolute atomic E-state index is 10.9. The first-order chi connectivity index (χ1) is 6.35. The number of hydrogen-bond acceptors (Lipinski definition) is 4. The van der Waals surface area contributed by atoms with Crippen molar-refractivity contribution in [3.8, 4) is 0 Å². The summed E-state index contributed by atoms with van der Waals surface area (Å²) in [5.74, 6) is 0. The third kappa shape index (κ3) is 1.78. The Balaban J connectivity index is 2.10. The summed E-state index contributed by atoms with van der Waals surface area (Å²) in [5, 5.41) is 2.90. The topological polar surface area (TPSA) is 39.2 Å². The van der Waals surface area contributed by atoms with E-state index in [1.165, 1.54) is 0 Å². The van der Waals surface area contributed by atoms with Crippen LogP contribution in [0, 0.1) is 0 Å². The molecule has 0 bridgehead atoms. The van der Waals surface area contributed by atoms with E-state index in [0.717, 1.165) is 24.1 Å². The number of nitrogens with zero attached hydrogens (tertiary/aromatic N) is 1. The van der Waals surface area contributed by atoms with E-state index in [4.69, 9.17) is 4.74 Å². The van der Waals surface area contributed by atoms with Crippen LogP contribution in [0.4, 0.5) is 0 Å². The number of aldehydes is 1. The van der Waals surface area contributed by atoms with Crippen LogP contribution in [-0.4, -0.2) is 23.5 Å². The average molecular weight is 197 g/mol. The quantitative estimate of drug-likeness (QED) is 0.688. The Morgan fingerprint density at radius 1 is 1.77 bits per heavy atom. The fourth-order valence-electron chi connectivity index (χ4n) is 1.59. The summed E-state index contributed by atoms with van der Waals surface area (Å²) in [6, 6.07) is 0. The van der Waals surface area contributed by atoms with Gasteiger partial charge in [-0.2, -0.15) is 0 Å². The fourth-order valence-corrected chi connectivity index (χ4v) is 2.32. The molecule has 0 aromatic carbocycles. The van der Waals surface area contributed by atoms with E-state index < -0.39 is 5.60 Å². The summed E-state index contributed by atoms with van der Waals surface area (Å²) in [4.78, 5) is 15.1. The number of aromatic nitrogens is 1. The van der Waals surface area contributed by atoms with Gasteiger partial charge in [-0.15, -0.1) is 11.3 Å². The lowest BCUT2D eigenvalue weighted by molar-refractivity contribution is -0.125. The average Bonchev–Trinajstić information content (AvgIpc) is 2.77. The highest BCUT2D eigenvalue weighted by atomic mass is 32.1. The molecule has 13 heavy (non-hydrogen) atoms. The number of ether oxygens (including phenoxy) is 1. The maximum atomic E-state index is 10.9. The van der Waals surface area contributed by atoms with Gasteiger partial charge in [-0.05, 0) is 12.8 Å². The number of carbonyl (C=O) groups is 1. The lowest BCUT2D eigenvalue weighted by Crippen LogP contribution is -2.32. The van der Waals surface area contributed by atoms with Gasteiger partial charge >= 0.3 is 0 Å². The molecule has 2 rings (SSSR count). The van der Waals surface area contributed by atoms with Gasteiger partial charge in [0.1, 0.15) is 5.60 Å². The molecule has 1 aromatic rings. The minimum atomic E-state index is -0.572. The highest BCUT2D eigenvalue weighted by molar-refractivity contribution is 7.09. The van der Waals surface area contributed by atoms with Crippen molar-refractivity contribution >= 4 is 17.6 Å². The van der Waals surface area contributed by atoms with Gasteiger partial charge in [0, 0.05) is 24.6 Å². The van der Waals surface area contributed by atoms with Crippen LogP contribution in [-0.2, 0) is 16.0 Å². The van der Waals surface area contributed by atoms with Crippen LogP contribution in [0.15, 0.2) is 11.6 Å². The molecule has 0 amide bonds. The molecule has 1 saturated heterocycles. The van der Waals surface area contributed by atoms with Crippen LogP contribution in [0.25, 0.3) is 0 Å².